The van der Waals surface area contributed by atoms with E-state index in [2.05, 4.69) is 10.2 Å². The molecule has 0 spiro atoms. The van der Waals surface area contributed by atoms with E-state index in [0.29, 0.717) is 25.4 Å². The first-order valence-electron chi connectivity index (χ1n) is 7.52. The zero-order chi connectivity index (χ0) is 15.1. The number of carbonyl (C=O) groups excluding carboxylic acids is 1. The molecule has 2 rings (SSSR count). The molecule has 0 aromatic heterocycles. The van der Waals surface area contributed by atoms with Gasteiger partial charge < -0.3 is 5.32 Å². The fourth-order valence-electron chi connectivity index (χ4n) is 2.65. The van der Waals surface area contributed by atoms with Crippen LogP contribution < -0.4 is 5.32 Å². The number of halogens is 1. The monoisotopic (exact) mass is 290 g/mol. The number of carbonyl (C=O) groups is 1. The van der Waals surface area contributed by atoms with E-state index in [1.165, 1.54) is 6.07 Å². The molecule has 1 aromatic rings. The van der Waals surface area contributed by atoms with Crippen LogP contribution in [-0.2, 0) is 11.3 Å². The van der Waals surface area contributed by atoms with Crippen molar-refractivity contribution >= 4 is 5.91 Å². The summed E-state index contributed by atoms with van der Waals surface area (Å²) >= 11 is 0. The number of benzene rings is 1. The zero-order valence-electron chi connectivity index (χ0n) is 12.5. The van der Waals surface area contributed by atoms with Gasteiger partial charge >= 0.3 is 0 Å². The van der Waals surface area contributed by atoms with Crippen molar-refractivity contribution in [3.63, 3.8) is 0 Å². The second-order valence-electron chi connectivity index (χ2n) is 5.56. The van der Waals surface area contributed by atoms with Crippen molar-refractivity contribution in [3.8, 4) is 0 Å². The van der Waals surface area contributed by atoms with Gasteiger partial charge in [-0.1, -0.05) is 30.4 Å². The van der Waals surface area contributed by atoms with Gasteiger partial charge in [0, 0.05) is 31.6 Å². The Morgan fingerprint density at radius 3 is 3.05 bits per heavy atom. The van der Waals surface area contributed by atoms with Gasteiger partial charge in [0.05, 0.1) is 0 Å². The minimum absolute atomic E-state index is 0.0700. The van der Waals surface area contributed by atoms with Crippen LogP contribution in [-0.4, -0.2) is 30.4 Å². The fraction of sp³-hybridized carbons (Fsp3) is 0.471. The minimum atomic E-state index is -0.138. The maximum atomic E-state index is 13.6. The van der Waals surface area contributed by atoms with Crippen molar-refractivity contribution in [2.75, 3.05) is 19.6 Å². The number of likely N-dealkylation sites (tertiary alicyclic amines) is 1. The fourth-order valence-corrected chi connectivity index (χ4v) is 2.65. The first-order valence-corrected chi connectivity index (χ1v) is 7.52. The van der Waals surface area contributed by atoms with Crippen LogP contribution in [0.15, 0.2) is 36.4 Å². The maximum absolute atomic E-state index is 13.6. The van der Waals surface area contributed by atoms with Crippen LogP contribution in [0.3, 0.4) is 0 Å². The van der Waals surface area contributed by atoms with Gasteiger partial charge in [-0.15, -0.1) is 0 Å². The summed E-state index contributed by atoms with van der Waals surface area (Å²) < 4.78 is 13.6. The van der Waals surface area contributed by atoms with Crippen molar-refractivity contribution in [3.05, 3.63) is 47.8 Å². The summed E-state index contributed by atoms with van der Waals surface area (Å²) in [6.07, 6.45) is 5.24. The summed E-state index contributed by atoms with van der Waals surface area (Å²) in [6, 6.07) is 6.92. The number of rotatable bonds is 6. The summed E-state index contributed by atoms with van der Waals surface area (Å²) in [5.41, 5.74) is 0.746. The molecule has 1 N–H and O–H groups in total. The van der Waals surface area contributed by atoms with Crippen molar-refractivity contribution in [1.82, 2.24) is 10.2 Å². The molecule has 21 heavy (non-hydrogen) atoms. The number of nitrogens with one attached hydrogen (secondary N) is 1. The molecular formula is C17H23FN2O. The lowest BCUT2D eigenvalue weighted by molar-refractivity contribution is -0.120. The van der Waals surface area contributed by atoms with Crippen LogP contribution in [0.25, 0.3) is 0 Å². The standard InChI is InChI=1S/C17H23FN2O/c1-2-3-8-17(21)19-11-14-9-10-20(12-14)13-15-6-4-5-7-16(15)18/h2-7,14H,8-13H2,1H3,(H,19,21)/b3-2+. The number of amides is 1. The van der Waals surface area contributed by atoms with Gasteiger partial charge in [-0.3, -0.25) is 9.69 Å². The third-order valence-corrected chi connectivity index (χ3v) is 3.85. The number of nitrogens with zero attached hydrogens (tertiary/aromatic N) is 1. The summed E-state index contributed by atoms with van der Waals surface area (Å²) in [6.45, 7) is 5.15. The quantitative estimate of drug-likeness (QED) is 0.817. The largest absolute Gasteiger partial charge is 0.356 e. The van der Waals surface area contributed by atoms with Gasteiger partial charge in [0.15, 0.2) is 0 Å². The minimum Gasteiger partial charge on any atom is -0.356 e. The van der Waals surface area contributed by atoms with Crippen LogP contribution in [0.5, 0.6) is 0 Å². The van der Waals surface area contributed by atoms with Gasteiger partial charge in [-0.2, -0.15) is 0 Å². The van der Waals surface area contributed by atoms with Crippen molar-refractivity contribution in [1.29, 1.82) is 0 Å². The Hall–Kier alpha value is -1.68. The lowest BCUT2D eigenvalue weighted by Gasteiger charge is -2.16. The van der Waals surface area contributed by atoms with E-state index in [9.17, 15) is 9.18 Å². The molecule has 4 heteroatoms. The topological polar surface area (TPSA) is 32.3 Å². The normalized spacial score (nSPS) is 19.2. The van der Waals surface area contributed by atoms with E-state index in [-0.39, 0.29) is 11.7 Å². The summed E-state index contributed by atoms with van der Waals surface area (Å²) in [7, 11) is 0. The van der Waals surface area contributed by atoms with Crippen LogP contribution >= 0.6 is 0 Å². The SMILES string of the molecule is C/C=C/CC(=O)NCC1CCN(Cc2ccccc2F)C1. The lowest BCUT2D eigenvalue weighted by atomic mass is 10.1. The molecule has 0 bridgehead atoms. The molecule has 0 radical (unpaired) electrons. The number of allylic oxidation sites excluding steroid dienone is 1. The summed E-state index contributed by atoms with van der Waals surface area (Å²) in [4.78, 5) is 13.8. The Morgan fingerprint density at radius 2 is 2.29 bits per heavy atom. The zero-order valence-corrected chi connectivity index (χ0v) is 12.5. The molecule has 1 aliphatic rings. The molecular weight excluding hydrogens is 267 g/mol. The first-order chi connectivity index (χ1) is 10.2. The van der Waals surface area contributed by atoms with Crippen LogP contribution in [0, 0.1) is 11.7 Å². The van der Waals surface area contributed by atoms with E-state index in [1.54, 1.807) is 6.07 Å². The van der Waals surface area contributed by atoms with E-state index in [0.717, 1.165) is 25.1 Å². The molecule has 0 aliphatic carbocycles. The van der Waals surface area contributed by atoms with Crippen molar-refractivity contribution < 1.29 is 9.18 Å². The Balaban J connectivity index is 1.74. The Kier molecular flexibility index (Phi) is 5.93. The van der Waals surface area contributed by atoms with Crippen LogP contribution in [0.4, 0.5) is 4.39 Å². The highest BCUT2D eigenvalue weighted by molar-refractivity contribution is 5.77. The average Bonchev–Trinajstić information content (AvgIpc) is 2.93. The molecule has 1 atom stereocenters. The molecule has 1 aliphatic heterocycles. The van der Waals surface area contributed by atoms with Gasteiger partial charge in [0.1, 0.15) is 5.82 Å². The van der Waals surface area contributed by atoms with E-state index >= 15 is 0 Å². The van der Waals surface area contributed by atoms with Crippen LogP contribution in [0.2, 0.25) is 0 Å². The molecule has 1 unspecified atom stereocenters. The summed E-state index contributed by atoms with van der Waals surface area (Å²) in [5, 5.41) is 2.96. The van der Waals surface area contributed by atoms with Crippen molar-refractivity contribution in [2.45, 2.75) is 26.3 Å². The van der Waals surface area contributed by atoms with Gasteiger partial charge in [-0.25, -0.2) is 4.39 Å². The predicted octanol–water partition coefficient (Wildman–Crippen LogP) is 2.73. The molecule has 3 nitrogen and oxygen atoms in total. The summed E-state index contributed by atoms with van der Waals surface area (Å²) in [5.74, 6) is 0.396. The highest BCUT2D eigenvalue weighted by atomic mass is 19.1. The molecule has 1 aromatic carbocycles. The molecule has 1 saturated heterocycles. The second-order valence-corrected chi connectivity index (χ2v) is 5.56. The van der Waals surface area contributed by atoms with Crippen molar-refractivity contribution in [2.24, 2.45) is 5.92 Å². The van der Waals surface area contributed by atoms with Gasteiger partial charge in [-0.05, 0) is 31.9 Å². The number of hydrogen-bond acceptors (Lipinski definition) is 2. The van der Waals surface area contributed by atoms with E-state index in [4.69, 9.17) is 0 Å². The second kappa shape index (κ2) is 7.93. The third-order valence-electron chi connectivity index (χ3n) is 3.85. The predicted molar refractivity (Wildman–Crippen MR) is 82.2 cm³/mol. The highest BCUT2D eigenvalue weighted by Crippen LogP contribution is 2.19. The first kappa shape index (κ1) is 15.7. The van der Waals surface area contributed by atoms with Crippen LogP contribution in [0.1, 0.15) is 25.3 Å². The Bertz CT molecular complexity index is 501. The number of hydrogen-bond donors (Lipinski definition) is 1. The smallest absolute Gasteiger partial charge is 0.223 e. The Labute approximate surface area is 125 Å². The molecule has 1 amide bonds. The molecule has 0 saturated carbocycles. The molecule has 1 fully saturated rings. The van der Waals surface area contributed by atoms with E-state index < -0.39 is 0 Å². The highest BCUT2D eigenvalue weighted by Gasteiger charge is 2.23. The molecule has 1 heterocycles. The van der Waals surface area contributed by atoms with E-state index in [1.807, 2.05) is 31.2 Å². The van der Waals surface area contributed by atoms with Gasteiger partial charge in [0.25, 0.3) is 0 Å². The maximum Gasteiger partial charge on any atom is 0.223 e. The molecule has 114 valence electrons. The lowest BCUT2D eigenvalue weighted by Crippen LogP contribution is -2.30. The average molecular weight is 290 g/mol. The van der Waals surface area contributed by atoms with Gasteiger partial charge in [0.2, 0.25) is 5.91 Å². The Morgan fingerprint density at radius 1 is 1.48 bits per heavy atom. The third kappa shape index (κ3) is 4.97.